The highest BCUT2D eigenvalue weighted by atomic mass is 79.9. The van der Waals surface area contributed by atoms with Crippen molar-refractivity contribution in [3.8, 4) is 5.82 Å². The van der Waals surface area contributed by atoms with Crippen LogP contribution in [0, 0.1) is 0 Å². The van der Waals surface area contributed by atoms with Crippen molar-refractivity contribution in [2.24, 2.45) is 0 Å². The molecular weight excluding hydrogens is 277 g/mol. The second-order valence-electron chi connectivity index (χ2n) is 3.03. The molecule has 0 unspecified atom stereocenters. The van der Waals surface area contributed by atoms with Crippen molar-refractivity contribution in [2.45, 2.75) is 13.3 Å². The Hall–Kier alpha value is -0.870. The molecule has 0 fully saturated rings. The summed E-state index contributed by atoms with van der Waals surface area (Å²) in [6.45, 7) is 2.07. The quantitative estimate of drug-likeness (QED) is 0.848. The molecule has 0 aliphatic carbocycles. The van der Waals surface area contributed by atoms with E-state index in [4.69, 9.17) is 11.6 Å². The SMILES string of the molecule is CCc1cc(Br)nn1-c1ncccc1Cl. The molecule has 0 saturated heterocycles. The number of aryl methyl sites for hydroxylation is 1. The second-order valence-corrected chi connectivity index (χ2v) is 4.25. The molecule has 3 nitrogen and oxygen atoms in total. The molecule has 0 amide bonds. The van der Waals surface area contributed by atoms with Gasteiger partial charge in [-0.15, -0.1) is 0 Å². The lowest BCUT2D eigenvalue weighted by Crippen LogP contribution is -2.04. The van der Waals surface area contributed by atoms with Crippen molar-refractivity contribution in [3.63, 3.8) is 0 Å². The molecular formula is C10H9BrClN3. The molecule has 2 rings (SSSR count). The molecule has 2 aromatic heterocycles. The predicted octanol–water partition coefficient (Wildman–Crippen LogP) is 3.25. The summed E-state index contributed by atoms with van der Waals surface area (Å²) in [5.74, 6) is 0.668. The average molecular weight is 287 g/mol. The Morgan fingerprint density at radius 3 is 3.00 bits per heavy atom. The molecule has 0 aliphatic heterocycles. The van der Waals surface area contributed by atoms with E-state index in [0.29, 0.717) is 10.8 Å². The van der Waals surface area contributed by atoms with E-state index in [-0.39, 0.29) is 0 Å². The van der Waals surface area contributed by atoms with Gasteiger partial charge in [0.25, 0.3) is 0 Å². The van der Waals surface area contributed by atoms with Gasteiger partial charge in [0, 0.05) is 11.9 Å². The lowest BCUT2D eigenvalue weighted by atomic mass is 10.3. The Labute approximate surface area is 101 Å². The monoisotopic (exact) mass is 285 g/mol. The summed E-state index contributed by atoms with van der Waals surface area (Å²) in [4.78, 5) is 4.22. The molecule has 0 N–H and O–H groups in total. The van der Waals surface area contributed by atoms with Gasteiger partial charge < -0.3 is 0 Å². The van der Waals surface area contributed by atoms with E-state index in [2.05, 4.69) is 32.9 Å². The number of pyridine rings is 1. The van der Waals surface area contributed by atoms with Crippen molar-refractivity contribution in [2.75, 3.05) is 0 Å². The fourth-order valence-electron chi connectivity index (χ4n) is 1.36. The molecule has 2 heterocycles. The minimum atomic E-state index is 0.600. The van der Waals surface area contributed by atoms with Crippen molar-refractivity contribution < 1.29 is 0 Å². The number of rotatable bonds is 2. The fourth-order valence-corrected chi connectivity index (χ4v) is 1.98. The van der Waals surface area contributed by atoms with Crippen molar-refractivity contribution >= 4 is 27.5 Å². The van der Waals surface area contributed by atoms with Gasteiger partial charge in [0.15, 0.2) is 5.82 Å². The van der Waals surface area contributed by atoms with Crippen LogP contribution in [0.25, 0.3) is 5.82 Å². The molecule has 0 atom stereocenters. The molecule has 0 radical (unpaired) electrons. The molecule has 78 valence electrons. The third-order valence-electron chi connectivity index (χ3n) is 2.06. The van der Waals surface area contributed by atoms with E-state index in [1.807, 2.05) is 6.07 Å². The van der Waals surface area contributed by atoms with Gasteiger partial charge in [0.05, 0.1) is 5.02 Å². The molecule has 15 heavy (non-hydrogen) atoms. The molecule has 0 aliphatic rings. The number of halogens is 2. The maximum Gasteiger partial charge on any atom is 0.172 e. The summed E-state index contributed by atoms with van der Waals surface area (Å²) in [7, 11) is 0. The zero-order chi connectivity index (χ0) is 10.8. The molecule has 0 bridgehead atoms. The van der Waals surface area contributed by atoms with Crippen LogP contribution in [0.4, 0.5) is 0 Å². The van der Waals surface area contributed by atoms with Crippen molar-refractivity contribution in [3.05, 3.63) is 39.7 Å². The smallest absolute Gasteiger partial charge is 0.172 e. The van der Waals surface area contributed by atoms with E-state index in [9.17, 15) is 0 Å². The Morgan fingerprint density at radius 2 is 2.33 bits per heavy atom. The molecule has 0 saturated carbocycles. The van der Waals surface area contributed by atoms with Gasteiger partial charge in [-0.2, -0.15) is 5.10 Å². The van der Waals surface area contributed by atoms with E-state index in [1.54, 1.807) is 23.0 Å². The summed E-state index contributed by atoms with van der Waals surface area (Å²) in [6.07, 6.45) is 2.59. The summed E-state index contributed by atoms with van der Waals surface area (Å²) in [5, 5.41) is 4.90. The number of hydrogen-bond acceptors (Lipinski definition) is 2. The first kappa shape index (κ1) is 10.6. The predicted molar refractivity (Wildman–Crippen MR) is 63.4 cm³/mol. The normalized spacial score (nSPS) is 10.6. The first-order valence-electron chi connectivity index (χ1n) is 4.57. The first-order valence-corrected chi connectivity index (χ1v) is 5.74. The summed E-state index contributed by atoms with van der Waals surface area (Å²) < 4.78 is 2.55. The van der Waals surface area contributed by atoms with Crippen LogP contribution < -0.4 is 0 Å². The molecule has 0 spiro atoms. The van der Waals surface area contributed by atoms with Crippen LogP contribution in [0.15, 0.2) is 29.0 Å². The third kappa shape index (κ3) is 2.06. The lowest BCUT2D eigenvalue weighted by Gasteiger charge is -2.05. The standard InChI is InChI=1S/C10H9BrClN3/c1-2-7-6-9(11)14-15(7)10-8(12)4-3-5-13-10/h3-6H,2H2,1H3. The van der Waals surface area contributed by atoms with Crippen LogP contribution in [0.2, 0.25) is 5.02 Å². The van der Waals surface area contributed by atoms with Crippen LogP contribution in [0.5, 0.6) is 0 Å². The molecule has 2 aromatic rings. The number of hydrogen-bond donors (Lipinski definition) is 0. The van der Waals surface area contributed by atoms with Crippen LogP contribution in [-0.4, -0.2) is 14.8 Å². The van der Waals surface area contributed by atoms with Crippen LogP contribution >= 0.6 is 27.5 Å². The highest BCUT2D eigenvalue weighted by molar-refractivity contribution is 9.10. The van der Waals surface area contributed by atoms with E-state index in [0.717, 1.165) is 16.7 Å². The summed E-state index contributed by atoms with van der Waals surface area (Å²) >= 11 is 9.40. The zero-order valence-corrected chi connectivity index (χ0v) is 10.5. The van der Waals surface area contributed by atoms with Gasteiger partial charge in [0.1, 0.15) is 4.60 Å². The van der Waals surface area contributed by atoms with Crippen LogP contribution in [0.3, 0.4) is 0 Å². The Bertz CT molecular complexity index is 481. The maximum atomic E-state index is 6.06. The zero-order valence-electron chi connectivity index (χ0n) is 8.11. The van der Waals surface area contributed by atoms with E-state index < -0.39 is 0 Å². The minimum Gasteiger partial charge on any atom is -0.236 e. The van der Waals surface area contributed by atoms with E-state index in [1.165, 1.54) is 0 Å². The van der Waals surface area contributed by atoms with Crippen LogP contribution in [-0.2, 0) is 6.42 Å². The fraction of sp³-hybridized carbons (Fsp3) is 0.200. The Kier molecular flexibility index (Phi) is 3.07. The maximum absolute atomic E-state index is 6.06. The van der Waals surface area contributed by atoms with Crippen molar-refractivity contribution in [1.82, 2.24) is 14.8 Å². The van der Waals surface area contributed by atoms with Crippen molar-refractivity contribution in [1.29, 1.82) is 0 Å². The van der Waals surface area contributed by atoms with Gasteiger partial charge in [-0.05, 0) is 40.5 Å². The number of nitrogens with zero attached hydrogens (tertiary/aromatic N) is 3. The van der Waals surface area contributed by atoms with E-state index >= 15 is 0 Å². The van der Waals surface area contributed by atoms with Gasteiger partial charge in [-0.3, -0.25) is 0 Å². The average Bonchev–Trinajstić information content (AvgIpc) is 2.60. The summed E-state index contributed by atoms with van der Waals surface area (Å²) in [6, 6.07) is 5.57. The first-order chi connectivity index (χ1) is 7.22. The highest BCUT2D eigenvalue weighted by Crippen LogP contribution is 2.21. The molecule has 0 aromatic carbocycles. The Balaban J connectivity index is 2.58. The van der Waals surface area contributed by atoms with Gasteiger partial charge in [-0.25, -0.2) is 9.67 Å². The lowest BCUT2D eigenvalue weighted by molar-refractivity contribution is 0.784. The minimum absolute atomic E-state index is 0.600. The van der Waals surface area contributed by atoms with Gasteiger partial charge >= 0.3 is 0 Å². The number of aromatic nitrogens is 3. The van der Waals surface area contributed by atoms with Gasteiger partial charge in [0.2, 0.25) is 0 Å². The Morgan fingerprint density at radius 1 is 1.53 bits per heavy atom. The molecule has 5 heteroatoms. The highest BCUT2D eigenvalue weighted by Gasteiger charge is 2.10. The third-order valence-corrected chi connectivity index (χ3v) is 2.74. The second kappa shape index (κ2) is 4.33. The largest absolute Gasteiger partial charge is 0.236 e. The topological polar surface area (TPSA) is 30.7 Å². The summed E-state index contributed by atoms with van der Waals surface area (Å²) in [5.41, 5.74) is 1.07. The van der Waals surface area contributed by atoms with Gasteiger partial charge in [-0.1, -0.05) is 18.5 Å². The van der Waals surface area contributed by atoms with Crippen LogP contribution in [0.1, 0.15) is 12.6 Å².